The van der Waals surface area contributed by atoms with E-state index in [0.717, 1.165) is 5.56 Å². The molecule has 7 heteroatoms. The van der Waals surface area contributed by atoms with Crippen molar-refractivity contribution < 1.29 is 24.0 Å². The average molecular weight is 305 g/mol. The summed E-state index contributed by atoms with van der Waals surface area (Å²) in [7, 11) is -1.01. The molecule has 0 saturated carbocycles. The van der Waals surface area contributed by atoms with Gasteiger partial charge in [0, 0.05) is 5.56 Å². The molecular formula is C15H20BNO5. The van der Waals surface area contributed by atoms with Crippen LogP contribution in [0.4, 0.5) is 0 Å². The van der Waals surface area contributed by atoms with Gasteiger partial charge < -0.3 is 19.7 Å². The van der Waals surface area contributed by atoms with E-state index in [1.165, 1.54) is 0 Å². The maximum Gasteiger partial charge on any atom is 0.491 e. The number of benzene rings is 1. The van der Waals surface area contributed by atoms with Crippen LogP contribution < -0.4 is 10.8 Å². The third-order valence-corrected chi connectivity index (χ3v) is 3.18. The van der Waals surface area contributed by atoms with Crippen molar-refractivity contribution >= 4 is 24.5 Å². The number of carbonyl (C=O) groups excluding carboxylic acids is 2. The van der Waals surface area contributed by atoms with E-state index in [1.54, 1.807) is 45.9 Å². The minimum absolute atomic E-state index is 0.326. The van der Waals surface area contributed by atoms with Crippen LogP contribution in [0.3, 0.4) is 0 Å². The van der Waals surface area contributed by atoms with E-state index in [1.807, 2.05) is 0 Å². The molecular weight excluding hydrogens is 285 g/mol. The van der Waals surface area contributed by atoms with E-state index in [9.17, 15) is 14.6 Å². The summed E-state index contributed by atoms with van der Waals surface area (Å²) in [6.45, 7) is 7.19. The highest BCUT2D eigenvalue weighted by molar-refractivity contribution is 6.61. The minimum Gasteiger partial charge on any atom is -0.458 e. The molecule has 1 amide bonds. The van der Waals surface area contributed by atoms with E-state index in [0.29, 0.717) is 17.6 Å². The Bertz CT molecular complexity index is 596. The first-order valence-electron chi connectivity index (χ1n) is 7.13. The molecule has 118 valence electrons. The smallest absolute Gasteiger partial charge is 0.458 e. The number of amides is 1. The molecule has 0 spiro atoms. The Morgan fingerprint density at radius 1 is 1.41 bits per heavy atom. The van der Waals surface area contributed by atoms with Crippen LogP contribution in [0, 0.1) is 0 Å². The zero-order valence-electron chi connectivity index (χ0n) is 13.2. The molecule has 0 unspecified atom stereocenters. The van der Waals surface area contributed by atoms with Crippen molar-refractivity contribution in [1.82, 2.24) is 5.32 Å². The average Bonchev–Trinajstić information content (AvgIpc) is 2.78. The summed E-state index contributed by atoms with van der Waals surface area (Å²) in [4.78, 5) is 24.1. The lowest BCUT2D eigenvalue weighted by molar-refractivity contribution is -0.156. The van der Waals surface area contributed by atoms with Crippen molar-refractivity contribution in [2.24, 2.45) is 0 Å². The fourth-order valence-electron chi connectivity index (χ4n) is 2.09. The molecule has 1 aromatic rings. The summed E-state index contributed by atoms with van der Waals surface area (Å²) < 4.78 is 10.3. The molecule has 6 nitrogen and oxygen atoms in total. The first-order chi connectivity index (χ1) is 10.2. The predicted octanol–water partition coefficient (Wildman–Crippen LogP) is 0.364. The van der Waals surface area contributed by atoms with Gasteiger partial charge in [-0.3, -0.25) is 4.79 Å². The molecule has 0 radical (unpaired) electrons. The molecule has 1 heterocycles. The maximum atomic E-state index is 12.2. The molecule has 0 fully saturated rings. The zero-order chi connectivity index (χ0) is 16.5. The normalized spacial score (nSPS) is 15.2. The third kappa shape index (κ3) is 3.87. The van der Waals surface area contributed by atoms with Crippen LogP contribution in [-0.2, 0) is 20.8 Å². The van der Waals surface area contributed by atoms with Crippen molar-refractivity contribution in [3.63, 3.8) is 0 Å². The van der Waals surface area contributed by atoms with Gasteiger partial charge in [0.25, 0.3) is 5.91 Å². The molecule has 0 bridgehead atoms. The molecule has 0 saturated heterocycles. The van der Waals surface area contributed by atoms with Crippen molar-refractivity contribution in [3.05, 3.63) is 29.3 Å². The number of ether oxygens (including phenoxy) is 1. The van der Waals surface area contributed by atoms with Gasteiger partial charge in [0.1, 0.15) is 11.6 Å². The second-order valence-electron chi connectivity index (χ2n) is 6.31. The number of hydrogen-bond acceptors (Lipinski definition) is 5. The summed E-state index contributed by atoms with van der Waals surface area (Å²) in [6.07, 6.45) is 0. The van der Waals surface area contributed by atoms with Gasteiger partial charge >= 0.3 is 13.1 Å². The van der Waals surface area contributed by atoms with Crippen molar-refractivity contribution in [2.45, 2.75) is 45.9 Å². The molecule has 1 atom stereocenters. The lowest BCUT2D eigenvalue weighted by atomic mass is 9.79. The van der Waals surface area contributed by atoms with E-state index in [-0.39, 0.29) is 0 Å². The van der Waals surface area contributed by atoms with Crippen LogP contribution in [0.5, 0.6) is 0 Å². The van der Waals surface area contributed by atoms with Crippen LogP contribution in [0.1, 0.15) is 43.6 Å². The Hall–Kier alpha value is -1.86. The highest BCUT2D eigenvalue weighted by Crippen LogP contribution is 2.12. The van der Waals surface area contributed by atoms with Crippen LogP contribution in [0.2, 0.25) is 0 Å². The molecule has 1 aliphatic heterocycles. The highest BCUT2D eigenvalue weighted by atomic mass is 16.6. The number of hydrogen-bond donors (Lipinski definition) is 2. The summed E-state index contributed by atoms with van der Waals surface area (Å²) in [5.74, 6) is -0.898. The predicted molar refractivity (Wildman–Crippen MR) is 81.6 cm³/mol. The number of fused-ring (bicyclic) bond motifs is 1. The lowest BCUT2D eigenvalue weighted by Crippen LogP contribution is -2.42. The Morgan fingerprint density at radius 2 is 2.09 bits per heavy atom. The standard InChI is InChI=1S/C15H20BNO5/c1-9(14(19)22-15(2,3)4)17-13(18)10-5-6-11-8-21-16(20)12(11)7-10/h5-7,9,20H,8H2,1-4H3,(H,17,18)/t9-/m0/s1. The van der Waals surface area contributed by atoms with Gasteiger partial charge in [-0.2, -0.15) is 0 Å². The Balaban J connectivity index is 2.03. The summed E-state index contributed by atoms with van der Waals surface area (Å²) in [5, 5.41) is 12.2. The Morgan fingerprint density at radius 3 is 2.73 bits per heavy atom. The van der Waals surface area contributed by atoms with Gasteiger partial charge in [-0.05, 0) is 50.9 Å². The quantitative estimate of drug-likeness (QED) is 0.622. The number of nitrogens with one attached hydrogen (secondary N) is 1. The van der Waals surface area contributed by atoms with Crippen LogP contribution in [0.25, 0.3) is 0 Å². The van der Waals surface area contributed by atoms with E-state index in [4.69, 9.17) is 9.39 Å². The van der Waals surface area contributed by atoms with E-state index in [2.05, 4.69) is 5.32 Å². The van der Waals surface area contributed by atoms with Crippen LogP contribution >= 0.6 is 0 Å². The highest BCUT2D eigenvalue weighted by Gasteiger charge is 2.29. The largest absolute Gasteiger partial charge is 0.491 e. The summed E-state index contributed by atoms with van der Waals surface area (Å²) in [5.41, 5.74) is 1.19. The second-order valence-corrected chi connectivity index (χ2v) is 6.31. The van der Waals surface area contributed by atoms with Crippen LogP contribution in [-0.4, -0.2) is 35.7 Å². The van der Waals surface area contributed by atoms with Gasteiger partial charge in [-0.25, -0.2) is 4.79 Å². The first kappa shape index (κ1) is 16.5. The monoisotopic (exact) mass is 305 g/mol. The van der Waals surface area contributed by atoms with Gasteiger partial charge in [-0.15, -0.1) is 0 Å². The Kier molecular flexibility index (Phi) is 4.58. The van der Waals surface area contributed by atoms with Crippen molar-refractivity contribution in [3.8, 4) is 0 Å². The van der Waals surface area contributed by atoms with Gasteiger partial charge in [0.05, 0.1) is 6.61 Å². The maximum absolute atomic E-state index is 12.2. The van der Waals surface area contributed by atoms with Crippen molar-refractivity contribution in [1.29, 1.82) is 0 Å². The summed E-state index contributed by atoms with van der Waals surface area (Å²) in [6, 6.07) is 4.18. The van der Waals surface area contributed by atoms with Gasteiger partial charge in [0.15, 0.2) is 0 Å². The zero-order valence-corrected chi connectivity index (χ0v) is 13.2. The fourth-order valence-corrected chi connectivity index (χ4v) is 2.09. The molecule has 1 aliphatic rings. The van der Waals surface area contributed by atoms with Gasteiger partial charge in [0.2, 0.25) is 0 Å². The Labute approximate surface area is 129 Å². The van der Waals surface area contributed by atoms with Crippen LogP contribution in [0.15, 0.2) is 18.2 Å². The third-order valence-electron chi connectivity index (χ3n) is 3.18. The number of esters is 1. The SMILES string of the molecule is C[C@H](NC(=O)c1ccc2c(c1)B(O)OC2)C(=O)OC(C)(C)C. The van der Waals surface area contributed by atoms with Gasteiger partial charge in [-0.1, -0.05) is 6.07 Å². The van der Waals surface area contributed by atoms with E-state index < -0.39 is 30.6 Å². The lowest BCUT2D eigenvalue weighted by Gasteiger charge is -2.22. The van der Waals surface area contributed by atoms with E-state index >= 15 is 0 Å². The molecule has 0 aromatic heterocycles. The molecule has 2 rings (SSSR count). The number of carbonyl (C=O) groups is 2. The fraction of sp³-hybridized carbons (Fsp3) is 0.467. The first-order valence-corrected chi connectivity index (χ1v) is 7.13. The molecule has 2 N–H and O–H groups in total. The second kappa shape index (κ2) is 6.10. The topological polar surface area (TPSA) is 84.9 Å². The molecule has 0 aliphatic carbocycles. The molecule has 22 heavy (non-hydrogen) atoms. The number of rotatable bonds is 3. The summed E-state index contributed by atoms with van der Waals surface area (Å²) >= 11 is 0. The minimum atomic E-state index is -1.01. The van der Waals surface area contributed by atoms with Crippen molar-refractivity contribution in [2.75, 3.05) is 0 Å². The molecule has 1 aromatic carbocycles.